The topological polar surface area (TPSA) is 44.4 Å². The van der Waals surface area contributed by atoms with Crippen LogP contribution in [0.2, 0.25) is 0 Å². The third kappa shape index (κ3) is 4.62. The van der Waals surface area contributed by atoms with Crippen molar-refractivity contribution in [3.05, 3.63) is 0 Å². The average Bonchev–Trinajstić information content (AvgIpc) is 2.27. The zero-order valence-corrected chi connectivity index (χ0v) is 9.88. The third-order valence-electron chi connectivity index (χ3n) is 2.94. The van der Waals surface area contributed by atoms with Crippen molar-refractivity contribution in [2.45, 2.75) is 32.2 Å². The number of carbonyl (C=O) groups excluding carboxylic acids is 1. The Morgan fingerprint density at radius 1 is 1.53 bits per heavy atom. The highest BCUT2D eigenvalue weighted by molar-refractivity contribution is 5.75. The SMILES string of the molecule is CCNC(=O)CCN1CCCC(NC)C1. The number of nitrogens with one attached hydrogen (secondary N) is 2. The van der Waals surface area contributed by atoms with E-state index >= 15 is 0 Å². The molecule has 1 atom stereocenters. The number of amides is 1. The molecule has 1 rings (SSSR count). The Morgan fingerprint density at radius 3 is 3.00 bits per heavy atom. The lowest BCUT2D eigenvalue weighted by molar-refractivity contribution is -0.121. The predicted octanol–water partition coefficient (Wildman–Crippen LogP) is 0.196. The molecule has 0 aromatic heterocycles. The first-order valence-corrected chi connectivity index (χ1v) is 5.92. The van der Waals surface area contributed by atoms with Gasteiger partial charge in [-0.25, -0.2) is 0 Å². The van der Waals surface area contributed by atoms with Gasteiger partial charge in [0.15, 0.2) is 0 Å². The molecule has 0 bridgehead atoms. The Morgan fingerprint density at radius 2 is 2.33 bits per heavy atom. The van der Waals surface area contributed by atoms with Crippen molar-refractivity contribution in [2.24, 2.45) is 0 Å². The van der Waals surface area contributed by atoms with E-state index in [1.807, 2.05) is 14.0 Å². The van der Waals surface area contributed by atoms with Crippen LogP contribution < -0.4 is 10.6 Å². The van der Waals surface area contributed by atoms with Crippen LogP contribution in [0.25, 0.3) is 0 Å². The zero-order chi connectivity index (χ0) is 11.1. The Kier molecular flexibility index (Phi) is 5.65. The molecule has 4 heteroatoms. The second-order valence-corrected chi connectivity index (χ2v) is 4.13. The van der Waals surface area contributed by atoms with Crippen LogP contribution in [0, 0.1) is 0 Å². The van der Waals surface area contributed by atoms with Crippen molar-refractivity contribution in [3.63, 3.8) is 0 Å². The van der Waals surface area contributed by atoms with E-state index < -0.39 is 0 Å². The lowest BCUT2D eigenvalue weighted by atomic mass is 10.1. The summed E-state index contributed by atoms with van der Waals surface area (Å²) >= 11 is 0. The normalized spacial score (nSPS) is 22.7. The van der Waals surface area contributed by atoms with Crippen LogP contribution in [0.3, 0.4) is 0 Å². The smallest absolute Gasteiger partial charge is 0.221 e. The summed E-state index contributed by atoms with van der Waals surface area (Å²) in [7, 11) is 2.01. The fourth-order valence-corrected chi connectivity index (χ4v) is 2.04. The number of nitrogens with zero attached hydrogens (tertiary/aromatic N) is 1. The summed E-state index contributed by atoms with van der Waals surface area (Å²) in [4.78, 5) is 13.7. The van der Waals surface area contributed by atoms with Crippen LogP contribution in [0.4, 0.5) is 0 Å². The summed E-state index contributed by atoms with van der Waals surface area (Å²) in [5.41, 5.74) is 0. The van der Waals surface area contributed by atoms with E-state index in [1.165, 1.54) is 12.8 Å². The van der Waals surface area contributed by atoms with E-state index in [0.29, 0.717) is 12.5 Å². The van der Waals surface area contributed by atoms with Crippen molar-refractivity contribution in [3.8, 4) is 0 Å². The standard InChI is InChI=1S/C11H23N3O/c1-3-13-11(15)6-8-14-7-4-5-10(9-14)12-2/h10,12H,3-9H2,1-2H3,(H,13,15). The van der Waals surface area contributed by atoms with Crippen molar-refractivity contribution >= 4 is 5.91 Å². The summed E-state index contributed by atoms with van der Waals surface area (Å²) in [5.74, 6) is 0.170. The number of hydrogen-bond acceptors (Lipinski definition) is 3. The van der Waals surface area contributed by atoms with E-state index in [1.54, 1.807) is 0 Å². The number of likely N-dealkylation sites (N-methyl/N-ethyl adjacent to an activating group) is 1. The van der Waals surface area contributed by atoms with Gasteiger partial charge in [-0.15, -0.1) is 0 Å². The quantitative estimate of drug-likeness (QED) is 0.685. The zero-order valence-electron chi connectivity index (χ0n) is 9.88. The molecule has 0 aromatic carbocycles. The molecular formula is C11H23N3O. The van der Waals surface area contributed by atoms with Gasteiger partial charge >= 0.3 is 0 Å². The third-order valence-corrected chi connectivity index (χ3v) is 2.94. The van der Waals surface area contributed by atoms with E-state index in [4.69, 9.17) is 0 Å². The van der Waals surface area contributed by atoms with Gasteiger partial charge in [0.1, 0.15) is 0 Å². The summed E-state index contributed by atoms with van der Waals surface area (Å²) in [6.45, 7) is 5.80. The molecule has 0 radical (unpaired) electrons. The highest BCUT2D eigenvalue weighted by Crippen LogP contribution is 2.09. The molecule has 4 nitrogen and oxygen atoms in total. The molecule has 0 aromatic rings. The molecule has 2 N–H and O–H groups in total. The fraction of sp³-hybridized carbons (Fsp3) is 0.909. The lowest BCUT2D eigenvalue weighted by Crippen LogP contribution is -2.45. The number of carbonyl (C=O) groups is 1. The molecule has 1 aliphatic rings. The molecule has 0 saturated carbocycles. The Bertz CT molecular complexity index is 196. The minimum atomic E-state index is 0.170. The van der Waals surface area contributed by atoms with Gasteiger partial charge in [-0.2, -0.15) is 0 Å². The Balaban J connectivity index is 2.17. The van der Waals surface area contributed by atoms with Crippen LogP contribution in [-0.4, -0.2) is 50.1 Å². The van der Waals surface area contributed by atoms with Gasteiger partial charge in [0.2, 0.25) is 5.91 Å². The predicted molar refractivity (Wildman–Crippen MR) is 61.8 cm³/mol. The highest BCUT2D eigenvalue weighted by Gasteiger charge is 2.18. The van der Waals surface area contributed by atoms with Crippen molar-refractivity contribution < 1.29 is 4.79 Å². The number of likely N-dealkylation sites (tertiary alicyclic amines) is 1. The van der Waals surface area contributed by atoms with Gasteiger partial charge in [-0.05, 0) is 33.4 Å². The minimum absolute atomic E-state index is 0.170. The molecule has 1 amide bonds. The molecule has 15 heavy (non-hydrogen) atoms. The Labute approximate surface area is 92.4 Å². The highest BCUT2D eigenvalue weighted by atomic mass is 16.1. The van der Waals surface area contributed by atoms with E-state index in [2.05, 4.69) is 15.5 Å². The maximum absolute atomic E-state index is 11.3. The van der Waals surface area contributed by atoms with Gasteiger partial charge in [0, 0.05) is 32.1 Å². The number of piperidine rings is 1. The summed E-state index contributed by atoms with van der Waals surface area (Å²) in [5, 5.41) is 6.13. The van der Waals surface area contributed by atoms with Crippen LogP contribution in [-0.2, 0) is 4.79 Å². The number of rotatable bonds is 5. The second-order valence-electron chi connectivity index (χ2n) is 4.13. The summed E-state index contributed by atoms with van der Waals surface area (Å²) in [6, 6.07) is 0.605. The van der Waals surface area contributed by atoms with Gasteiger partial charge < -0.3 is 15.5 Å². The molecular weight excluding hydrogens is 190 g/mol. The molecule has 1 heterocycles. The van der Waals surface area contributed by atoms with Gasteiger partial charge in [0.25, 0.3) is 0 Å². The van der Waals surface area contributed by atoms with Crippen LogP contribution in [0.1, 0.15) is 26.2 Å². The monoisotopic (exact) mass is 213 g/mol. The molecule has 1 saturated heterocycles. The van der Waals surface area contributed by atoms with Gasteiger partial charge in [-0.3, -0.25) is 4.79 Å². The molecule has 1 fully saturated rings. The first kappa shape index (κ1) is 12.5. The molecule has 1 aliphatic heterocycles. The van der Waals surface area contributed by atoms with Crippen molar-refractivity contribution in [1.29, 1.82) is 0 Å². The summed E-state index contributed by atoms with van der Waals surface area (Å²) < 4.78 is 0. The van der Waals surface area contributed by atoms with Gasteiger partial charge in [0.05, 0.1) is 0 Å². The average molecular weight is 213 g/mol. The molecule has 0 aliphatic carbocycles. The summed E-state index contributed by atoms with van der Waals surface area (Å²) in [6.07, 6.45) is 3.12. The minimum Gasteiger partial charge on any atom is -0.356 e. The van der Waals surface area contributed by atoms with Gasteiger partial charge in [-0.1, -0.05) is 0 Å². The van der Waals surface area contributed by atoms with E-state index in [-0.39, 0.29) is 5.91 Å². The molecule has 0 spiro atoms. The lowest BCUT2D eigenvalue weighted by Gasteiger charge is -2.32. The van der Waals surface area contributed by atoms with Crippen LogP contribution in [0.5, 0.6) is 0 Å². The largest absolute Gasteiger partial charge is 0.356 e. The van der Waals surface area contributed by atoms with Crippen LogP contribution >= 0.6 is 0 Å². The second kappa shape index (κ2) is 6.80. The first-order valence-electron chi connectivity index (χ1n) is 5.92. The fourth-order valence-electron chi connectivity index (χ4n) is 2.04. The molecule has 88 valence electrons. The van der Waals surface area contributed by atoms with Crippen LogP contribution in [0.15, 0.2) is 0 Å². The maximum Gasteiger partial charge on any atom is 0.221 e. The first-order chi connectivity index (χ1) is 7.26. The Hall–Kier alpha value is -0.610. The van der Waals surface area contributed by atoms with Crippen molar-refractivity contribution in [2.75, 3.05) is 33.2 Å². The maximum atomic E-state index is 11.3. The number of hydrogen-bond donors (Lipinski definition) is 2. The van der Waals surface area contributed by atoms with Crippen molar-refractivity contribution in [1.82, 2.24) is 15.5 Å². The van der Waals surface area contributed by atoms with E-state index in [9.17, 15) is 4.79 Å². The van der Waals surface area contributed by atoms with E-state index in [0.717, 1.165) is 26.2 Å². The molecule has 1 unspecified atom stereocenters.